The lowest BCUT2D eigenvalue weighted by Crippen LogP contribution is -2.43. The largest absolute Gasteiger partial charge is 0.377 e. The zero-order chi connectivity index (χ0) is 10.6. The first-order valence-electron chi connectivity index (χ1n) is 5.90. The molecule has 1 N–H and O–H groups in total. The van der Waals surface area contributed by atoms with Gasteiger partial charge in [-0.05, 0) is 12.8 Å². The molecule has 0 amide bonds. The molecule has 2 saturated heterocycles. The number of nitrogens with zero attached hydrogens (tertiary/aromatic N) is 1. The number of nitrogens with one attached hydrogen (secondary N) is 1. The van der Waals surface area contributed by atoms with Crippen molar-refractivity contribution in [3.8, 4) is 0 Å². The van der Waals surface area contributed by atoms with Crippen LogP contribution >= 0.6 is 0 Å². The monoisotopic (exact) mass is 196 g/mol. The lowest BCUT2D eigenvalue weighted by Gasteiger charge is -2.28. The van der Waals surface area contributed by atoms with Crippen LogP contribution in [0.3, 0.4) is 0 Å². The maximum atomic E-state index is 4.10. The molecule has 2 unspecified atom stereocenters. The molecule has 0 aliphatic carbocycles. The Morgan fingerprint density at radius 2 is 1.93 bits per heavy atom. The van der Waals surface area contributed by atoms with E-state index in [1.54, 1.807) is 0 Å². The minimum atomic E-state index is 0.709. The van der Waals surface area contributed by atoms with E-state index < -0.39 is 0 Å². The van der Waals surface area contributed by atoms with E-state index in [4.69, 9.17) is 0 Å². The summed E-state index contributed by atoms with van der Waals surface area (Å²) < 4.78 is 0. The third-order valence-electron chi connectivity index (χ3n) is 3.09. The van der Waals surface area contributed by atoms with Crippen molar-refractivity contribution >= 4 is 0 Å². The van der Waals surface area contributed by atoms with E-state index in [-0.39, 0.29) is 0 Å². The molecule has 2 heteroatoms. The Morgan fingerprint density at radius 3 is 2.64 bits per heavy atom. The van der Waals surface area contributed by atoms with Crippen molar-refractivity contribution in [3.05, 3.63) is 12.3 Å². The molecule has 0 spiro atoms. The van der Waals surface area contributed by atoms with Gasteiger partial charge in [0.2, 0.25) is 0 Å². The summed E-state index contributed by atoms with van der Waals surface area (Å²) in [5.41, 5.74) is 1.30. The number of likely N-dealkylation sites (N-methyl/N-ethyl adjacent to an activating group) is 1. The predicted molar refractivity (Wildman–Crippen MR) is 62.3 cm³/mol. The first-order chi connectivity index (χ1) is 6.75. The summed E-state index contributed by atoms with van der Waals surface area (Å²) in [6.45, 7) is 9.25. The Hall–Kier alpha value is -0.500. The molecule has 2 heterocycles. The predicted octanol–water partition coefficient (Wildman–Crippen LogP) is 2.37. The molecule has 2 aliphatic heterocycles. The highest BCUT2D eigenvalue weighted by atomic mass is 15.2. The van der Waals surface area contributed by atoms with Crippen LogP contribution in [0.2, 0.25) is 0 Å². The third kappa shape index (κ3) is 2.74. The first-order valence-corrected chi connectivity index (χ1v) is 5.90. The molecular formula is C12H24N2. The van der Waals surface area contributed by atoms with Crippen LogP contribution in [0.5, 0.6) is 0 Å². The van der Waals surface area contributed by atoms with Gasteiger partial charge in [-0.1, -0.05) is 26.8 Å². The van der Waals surface area contributed by atoms with Crippen molar-refractivity contribution in [2.45, 2.75) is 51.6 Å². The SMILES string of the molecule is C=C1CC2CCCC(CN1C)N2.CC. The van der Waals surface area contributed by atoms with E-state index in [0.717, 1.165) is 13.0 Å². The average molecular weight is 196 g/mol. The van der Waals surface area contributed by atoms with Gasteiger partial charge in [0.15, 0.2) is 0 Å². The fourth-order valence-electron chi connectivity index (χ4n) is 2.32. The van der Waals surface area contributed by atoms with Crippen LogP contribution in [0.4, 0.5) is 0 Å². The lowest BCUT2D eigenvalue weighted by molar-refractivity contribution is 0.308. The van der Waals surface area contributed by atoms with Gasteiger partial charge in [0, 0.05) is 37.8 Å². The Morgan fingerprint density at radius 1 is 1.29 bits per heavy atom. The fourth-order valence-corrected chi connectivity index (χ4v) is 2.32. The minimum absolute atomic E-state index is 0.709. The van der Waals surface area contributed by atoms with Crippen molar-refractivity contribution in [1.29, 1.82) is 0 Å². The van der Waals surface area contributed by atoms with Crippen molar-refractivity contribution in [2.75, 3.05) is 13.6 Å². The van der Waals surface area contributed by atoms with Gasteiger partial charge in [0.05, 0.1) is 0 Å². The van der Waals surface area contributed by atoms with Crippen molar-refractivity contribution in [2.24, 2.45) is 0 Å². The van der Waals surface area contributed by atoms with E-state index >= 15 is 0 Å². The molecule has 2 atom stereocenters. The van der Waals surface area contributed by atoms with Gasteiger partial charge in [-0.25, -0.2) is 0 Å². The van der Waals surface area contributed by atoms with Crippen LogP contribution in [0.25, 0.3) is 0 Å². The standard InChI is InChI=1S/C10H18N2.C2H6/c1-8-6-9-4-3-5-10(11-9)7-12(8)2;1-2/h9-11H,1,3-7H2,2H3;1-2H3. The Kier molecular flexibility index (Phi) is 4.46. The zero-order valence-corrected chi connectivity index (χ0v) is 9.84. The molecule has 2 fully saturated rings. The van der Waals surface area contributed by atoms with Crippen LogP contribution in [0.1, 0.15) is 39.5 Å². The molecule has 0 saturated carbocycles. The molecule has 0 aromatic heterocycles. The molecule has 0 aromatic carbocycles. The summed E-state index contributed by atoms with van der Waals surface area (Å²) in [7, 11) is 2.16. The van der Waals surface area contributed by atoms with Crippen LogP contribution < -0.4 is 5.32 Å². The van der Waals surface area contributed by atoms with Crippen LogP contribution in [-0.2, 0) is 0 Å². The van der Waals surface area contributed by atoms with Gasteiger partial charge >= 0.3 is 0 Å². The van der Waals surface area contributed by atoms with Crippen LogP contribution in [-0.4, -0.2) is 30.6 Å². The maximum Gasteiger partial charge on any atom is 0.0325 e. The normalized spacial score (nSPS) is 31.6. The maximum absolute atomic E-state index is 4.10. The Bertz CT molecular complexity index is 189. The molecule has 2 rings (SSSR count). The molecule has 2 bridgehead atoms. The first kappa shape index (κ1) is 11.6. The molecular weight excluding hydrogens is 172 g/mol. The van der Waals surface area contributed by atoms with Gasteiger partial charge in [0.25, 0.3) is 0 Å². The highest BCUT2D eigenvalue weighted by Crippen LogP contribution is 2.23. The van der Waals surface area contributed by atoms with Gasteiger partial charge < -0.3 is 10.2 Å². The van der Waals surface area contributed by atoms with Gasteiger partial charge in [-0.2, -0.15) is 0 Å². The van der Waals surface area contributed by atoms with Crippen molar-refractivity contribution in [1.82, 2.24) is 10.2 Å². The van der Waals surface area contributed by atoms with E-state index in [0.29, 0.717) is 12.1 Å². The van der Waals surface area contributed by atoms with Gasteiger partial charge in [0.1, 0.15) is 0 Å². The lowest BCUT2D eigenvalue weighted by atomic mass is 9.98. The number of hydrogen-bond donors (Lipinski definition) is 1. The molecule has 82 valence electrons. The molecule has 14 heavy (non-hydrogen) atoms. The Balaban J connectivity index is 0.000000461. The average Bonchev–Trinajstić information content (AvgIpc) is 2.28. The smallest absolute Gasteiger partial charge is 0.0325 e. The topological polar surface area (TPSA) is 15.3 Å². The van der Waals surface area contributed by atoms with Gasteiger partial charge in [-0.3, -0.25) is 0 Å². The minimum Gasteiger partial charge on any atom is -0.377 e. The van der Waals surface area contributed by atoms with E-state index in [1.807, 2.05) is 13.8 Å². The van der Waals surface area contributed by atoms with Gasteiger partial charge in [-0.15, -0.1) is 0 Å². The van der Waals surface area contributed by atoms with Crippen molar-refractivity contribution < 1.29 is 0 Å². The zero-order valence-electron chi connectivity index (χ0n) is 9.84. The summed E-state index contributed by atoms with van der Waals surface area (Å²) in [4.78, 5) is 2.31. The highest BCUT2D eigenvalue weighted by Gasteiger charge is 2.26. The van der Waals surface area contributed by atoms with Crippen LogP contribution in [0, 0.1) is 0 Å². The van der Waals surface area contributed by atoms with E-state index in [9.17, 15) is 0 Å². The second-order valence-corrected chi connectivity index (χ2v) is 4.14. The van der Waals surface area contributed by atoms with E-state index in [2.05, 4.69) is 23.8 Å². The third-order valence-corrected chi connectivity index (χ3v) is 3.09. The van der Waals surface area contributed by atoms with Crippen molar-refractivity contribution in [3.63, 3.8) is 0 Å². The summed E-state index contributed by atoms with van der Waals surface area (Å²) in [5, 5.41) is 3.67. The molecule has 0 radical (unpaired) electrons. The molecule has 2 aliphatic rings. The second-order valence-electron chi connectivity index (χ2n) is 4.14. The molecule has 0 aromatic rings. The quantitative estimate of drug-likeness (QED) is 0.640. The van der Waals surface area contributed by atoms with E-state index in [1.165, 1.54) is 25.0 Å². The summed E-state index contributed by atoms with van der Waals surface area (Å²) in [5.74, 6) is 0. The number of rotatable bonds is 0. The Labute approximate surface area is 88.4 Å². The highest BCUT2D eigenvalue weighted by molar-refractivity contribution is 5.02. The number of hydrogen-bond acceptors (Lipinski definition) is 2. The van der Waals surface area contributed by atoms with Crippen LogP contribution in [0.15, 0.2) is 12.3 Å². The summed E-state index contributed by atoms with van der Waals surface area (Å²) >= 11 is 0. The fraction of sp³-hybridized carbons (Fsp3) is 0.833. The second kappa shape index (κ2) is 5.40. The number of piperidine rings is 1. The summed E-state index contributed by atoms with van der Waals surface area (Å²) in [6.07, 6.45) is 5.22. The summed E-state index contributed by atoms with van der Waals surface area (Å²) in [6, 6.07) is 1.43. The molecule has 2 nitrogen and oxygen atoms in total. The number of fused-ring (bicyclic) bond motifs is 2.